The standard InChI is InChI=1S/C10H18N2O3/c1-9(13)12-3-5-15-10(7-12)6-11-2-4-14-8-10/h11H,2-8H2,1H3. The molecule has 2 heterocycles. The summed E-state index contributed by atoms with van der Waals surface area (Å²) in [5.41, 5.74) is -0.333. The maximum absolute atomic E-state index is 11.3. The van der Waals surface area contributed by atoms with E-state index in [4.69, 9.17) is 9.47 Å². The van der Waals surface area contributed by atoms with Crippen LogP contribution in [0, 0.1) is 0 Å². The van der Waals surface area contributed by atoms with Gasteiger partial charge in [0.15, 0.2) is 0 Å². The van der Waals surface area contributed by atoms with Crippen LogP contribution in [0.15, 0.2) is 0 Å². The summed E-state index contributed by atoms with van der Waals surface area (Å²) in [5.74, 6) is 0.113. The second-order valence-electron chi connectivity index (χ2n) is 4.20. The molecule has 0 aromatic rings. The maximum Gasteiger partial charge on any atom is 0.219 e. The molecule has 0 saturated carbocycles. The number of carbonyl (C=O) groups is 1. The van der Waals surface area contributed by atoms with Crippen molar-refractivity contribution >= 4 is 5.91 Å². The monoisotopic (exact) mass is 214 g/mol. The molecule has 1 spiro atoms. The predicted octanol–water partition coefficient (Wildman–Crippen LogP) is -0.776. The Balaban J connectivity index is 2.02. The van der Waals surface area contributed by atoms with Gasteiger partial charge in [0.25, 0.3) is 0 Å². The minimum Gasteiger partial charge on any atom is -0.377 e. The molecule has 1 N–H and O–H groups in total. The van der Waals surface area contributed by atoms with Gasteiger partial charge < -0.3 is 19.7 Å². The van der Waals surface area contributed by atoms with Gasteiger partial charge in [-0.05, 0) is 0 Å². The summed E-state index contributed by atoms with van der Waals surface area (Å²) in [6, 6.07) is 0. The highest BCUT2D eigenvalue weighted by molar-refractivity contribution is 5.73. The Bertz CT molecular complexity index is 237. The summed E-state index contributed by atoms with van der Waals surface area (Å²) in [6.07, 6.45) is 0. The number of hydrogen-bond donors (Lipinski definition) is 1. The summed E-state index contributed by atoms with van der Waals surface area (Å²) in [5, 5.41) is 3.28. The minimum atomic E-state index is -0.333. The highest BCUT2D eigenvalue weighted by atomic mass is 16.5. The second kappa shape index (κ2) is 4.47. The number of amides is 1. The molecule has 1 amide bonds. The van der Waals surface area contributed by atoms with E-state index in [2.05, 4.69) is 5.32 Å². The topological polar surface area (TPSA) is 50.8 Å². The zero-order valence-electron chi connectivity index (χ0n) is 9.12. The van der Waals surface area contributed by atoms with Crippen molar-refractivity contribution in [2.24, 2.45) is 0 Å². The number of rotatable bonds is 0. The van der Waals surface area contributed by atoms with Gasteiger partial charge in [-0.1, -0.05) is 0 Å². The molecule has 1 atom stereocenters. The number of nitrogens with zero attached hydrogens (tertiary/aromatic N) is 1. The Hall–Kier alpha value is -0.650. The van der Waals surface area contributed by atoms with Gasteiger partial charge in [-0.3, -0.25) is 4.79 Å². The van der Waals surface area contributed by atoms with E-state index in [1.54, 1.807) is 6.92 Å². The molecule has 2 aliphatic heterocycles. The molecule has 0 radical (unpaired) electrons. The Morgan fingerprint density at radius 3 is 3.13 bits per heavy atom. The molecule has 86 valence electrons. The first kappa shape index (κ1) is 10.9. The average molecular weight is 214 g/mol. The second-order valence-corrected chi connectivity index (χ2v) is 4.20. The van der Waals surface area contributed by atoms with Crippen LogP contribution in [0.1, 0.15) is 6.92 Å². The summed E-state index contributed by atoms with van der Waals surface area (Å²) < 4.78 is 11.3. The summed E-state index contributed by atoms with van der Waals surface area (Å²) in [6.45, 7) is 6.43. The van der Waals surface area contributed by atoms with Crippen LogP contribution in [0.5, 0.6) is 0 Å². The molecule has 0 aliphatic carbocycles. The van der Waals surface area contributed by atoms with Gasteiger partial charge in [0, 0.05) is 26.6 Å². The fraction of sp³-hybridized carbons (Fsp3) is 0.900. The Labute approximate surface area is 89.7 Å². The van der Waals surface area contributed by atoms with Crippen molar-refractivity contribution in [3.63, 3.8) is 0 Å². The highest BCUT2D eigenvalue weighted by Gasteiger charge is 2.38. The molecule has 15 heavy (non-hydrogen) atoms. The lowest BCUT2D eigenvalue weighted by atomic mass is 10.0. The molecule has 2 aliphatic rings. The number of nitrogens with one attached hydrogen (secondary N) is 1. The predicted molar refractivity (Wildman–Crippen MR) is 54.6 cm³/mol. The van der Waals surface area contributed by atoms with Gasteiger partial charge in [-0.2, -0.15) is 0 Å². The van der Waals surface area contributed by atoms with Crippen molar-refractivity contribution in [2.75, 3.05) is 46.0 Å². The van der Waals surface area contributed by atoms with Crippen molar-refractivity contribution < 1.29 is 14.3 Å². The number of hydrogen-bond acceptors (Lipinski definition) is 4. The third-order valence-electron chi connectivity index (χ3n) is 2.93. The van der Waals surface area contributed by atoms with E-state index in [-0.39, 0.29) is 11.5 Å². The molecule has 5 heteroatoms. The fourth-order valence-corrected chi connectivity index (χ4v) is 2.08. The van der Waals surface area contributed by atoms with E-state index in [0.29, 0.717) is 32.9 Å². The summed E-state index contributed by atoms with van der Waals surface area (Å²) in [4.78, 5) is 13.2. The van der Waals surface area contributed by atoms with Gasteiger partial charge >= 0.3 is 0 Å². The third-order valence-corrected chi connectivity index (χ3v) is 2.93. The molecule has 1 unspecified atom stereocenters. The fourth-order valence-electron chi connectivity index (χ4n) is 2.08. The maximum atomic E-state index is 11.3. The SMILES string of the molecule is CC(=O)N1CCOC2(CNCCOC2)C1. The van der Waals surface area contributed by atoms with Gasteiger partial charge in [0.05, 0.1) is 26.4 Å². The van der Waals surface area contributed by atoms with Crippen molar-refractivity contribution in [2.45, 2.75) is 12.5 Å². The Morgan fingerprint density at radius 1 is 1.47 bits per heavy atom. The van der Waals surface area contributed by atoms with E-state index in [9.17, 15) is 4.79 Å². The van der Waals surface area contributed by atoms with E-state index in [1.165, 1.54) is 0 Å². The van der Waals surface area contributed by atoms with Crippen LogP contribution >= 0.6 is 0 Å². The number of ether oxygens (including phenoxy) is 2. The molecule has 2 saturated heterocycles. The van der Waals surface area contributed by atoms with Crippen LogP contribution in [-0.4, -0.2) is 62.4 Å². The molecule has 2 rings (SSSR count). The normalized spacial score (nSPS) is 32.7. The van der Waals surface area contributed by atoms with Crippen LogP contribution in [0.3, 0.4) is 0 Å². The molecule has 0 bridgehead atoms. The van der Waals surface area contributed by atoms with Crippen molar-refractivity contribution in [3.05, 3.63) is 0 Å². The Morgan fingerprint density at radius 2 is 2.33 bits per heavy atom. The number of carbonyl (C=O) groups excluding carboxylic acids is 1. The van der Waals surface area contributed by atoms with E-state index in [0.717, 1.165) is 13.1 Å². The molecular formula is C10H18N2O3. The van der Waals surface area contributed by atoms with Crippen molar-refractivity contribution in [3.8, 4) is 0 Å². The first-order valence-electron chi connectivity index (χ1n) is 5.40. The quantitative estimate of drug-likeness (QED) is 0.575. The smallest absolute Gasteiger partial charge is 0.219 e. The molecule has 0 aromatic carbocycles. The Kier molecular flexibility index (Phi) is 3.23. The minimum absolute atomic E-state index is 0.113. The average Bonchev–Trinajstić information content (AvgIpc) is 2.44. The lowest BCUT2D eigenvalue weighted by molar-refractivity contribution is -0.156. The molecule has 5 nitrogen and oxygen atoms in total. The van der Waals surface area contributed by atoms with Crippen LogP contribution in [-0.2, 0) is 14.3 Å². The van der Waals surface area contributed by atoms with Crippen molar-refractivity contribution in [1.29, 1.82) is 0 Å². The van der Waals surface area contributed by atoms with Gasteiger partial charge in [0.1, 0.15) is 5.60 Å². The summed E-state index contributed by atoms with van der Waals surface area (Å²) >= 11 is 0. The van der Waals surface area contributed by atoms with Crippen LogP contribution in [0.4, 0.5) is 0 Å². The molecular weight excluding hydrogens is 196 g/mol. The first-order chi connectivity index (χ1) is 7.22. The molecule has 2 fully saturated rings. The third kappa shape index (κ3) is 2.48. The lowest BCUT2D eigenvalue weighted by Gasteiger charge is -2.41. The van der Waals surface area contributed by atoms with E-state index >= 15 is 0 Å². The summed E-state index contributed by atoms with van der Waals surface area (Å²) in [7, 11) is 0. The van der Waals surface area contributed by atoms with Crippen LogP contribution in [0.2, 0.25) is 0 Å². The van der Waals surface area contributed by atoms with Gasteiger partial charge in [0.2, 0.25) is 5.91 Å². The number of morpholine rings is 1. The molecule has 0 aromatic heterocycles. The zero-order valence-corrected chi connectivity index (χ0v) is 9.12. The van der Waals surface area contributed by atoms with E-state index in [1.807, 2.05) is 4.90 Å². The largest absolute Gasteiger partial charge is 0.377 e. The van der Waals surface area contributed by atoms with E-state index < -0.39 is 0 Å². The van der Waals surface area contributed by atoms with Gasteiger partial charge in [-0.15, -0.1) is 0 Å². The lowest BCUT2D eigenvalue weighted by Crippen LogP contribution is -2.59. The van der Waals surface area contributed by atoms with Crippen LogP contribution in [0.25, 0.3) is 0 Å². The van der Waals surface area contributed by atoms with Crippen LogP contribution < -0.4 is 5.32 Å². The first-order valence-corrected chi connectivity index (χ1v) is 5.40. The van der Waals surface area contributed by atoms with Gasteiger partial charge in [-0.25, -0.2) is 0 Å². The van der Waals surface area contributed by atoms with Crippen molar-refractivity contribution in [1.82, 2.24) is 10.2 Å². The zero-order chi connectivity index (χ0) is 10.7. The highest BCUT2D eigenvalue weighted by Crippen LogP contribution is 2.19.